The Morgan fingerprint density at radius 2 is 2.11 bits per heavy atom. The highest BCUT2D eigenvalue weighted by molar-refractivity contribution is 9.10. The van der Waals surface area contributed by atoms with Crippen molar-refractivity contribution in [3.05, 3.63) is 63.9 Å². The Balaban J connectivity index is 2.02. The van der Waals surface area contributed by atoms with Crippen LogP contribution in [-0.2, 0) is 12.8 Å². The molecule has 1 atom stereocenters. The topological polar surface area (TPSA) is 50.9 Å². The monoisotopic (exact) mass is 319 g/mol. The third kappa shape index (κ3) is 4.42. The number of nitrogens with one attached hydrogen (secondary N) is 1. The normalized spacial score (nSPS) is 12.4. The summed E-state index contributed by atoms with van der Waals surface area (Å²) in [6.45, 7) is 2.10. The summed E-state index contributed by atoms with van der Waals surface area (Å²) in [5.74, 6) is 5.65. The predicted octanol–water partition coefficient (Wildman–Crippen LogP) is 2.77. The average Bonchev–Trinajstić information content (AvgIpc) is 2.40. The summed E-state index contributed by atoms with van der Waals surface area (Å²) < 4.78 is 0.993. The molecule has 1 aromatic carbocycles. The summed E-state index contributed by atoms with van der Waals surface area (Å²) in [6.07, 6.45) is 3.53. The van der Waals surface area contributed by atoms with E-state index in [2.05, 4.69) is 57.5 Å². The molecule has 0 aliphatic carbocycles. The van der Waals surface area contributed by atoms with Crippen molar-refractivity contribution in [2.24, 2.45) is 5.84 Å². The van der Waals surface area contributed by atoms with Gasteiger partial charge in [-0.3, -0.25) is 16.3 Å². The third-order valence-corrected chi connectivity index (χ3v) is 3.51. The summed E-state index contributed by atoms with van der Waals surface area (Å²) in [4.78, 5) is 4.38. The molecule has 100 valence electrons. The highest BCUT2D eigenvalue weighted by Crippen LogP contribution is 2.12. The van der Waals surface area contributed by atoms with Crippen molar-refractivity contribution in [3.8, 4) is 0 Å². The fourth-order valence-corrected chi connectivity index (χ4v) is 2.33. The minimum absolute atomic E-state index is 0.190. The number of aromatic nitrogens is 1. The zero-order valence-corrected chi connectivity index (χ0v) is 12.5. The molecule has 0 aliphatic rings. The molecule has 1 aromatic heterocycles. The number of nitrogens with two attached hydrogens (primary N) is 1. The van der Waals surface area contributed by atoms with Crippen molar-refractivity contribution in [3.63, 3.8) is 0 Å². The molecular formula is C15H18BrN3. The summed E-state index contributed by atoms with van der Waals surface area (Å²) in [5, 5.41) is 0. The Kier molecular flexibility index (Phi) is 5.07. The third-order valence-electron chi connectivity index (χ3n) is 3.04. The van der Waals surface area contributed by atoms with Crippen molar-refractivity contribution in [1.29, 1.82) is 0 Å². The van der Waals surface area contributed by atoms with Crippen molar-refractivity contribution in [1.82, 2.24) is 10.4 Å². The SMILES string of the molecule is Cc1cccc(CC(Cc2ccc(Br)cn2)NN)c1. The Bertz CT molecular complexity index is 525. The first-order chi connectivity index (χ1) is 9.17. The van der Waals surface area contributed by atoms with E-state index < -0.39 is 0 Å². The second kappa shape index (κ2) is 6.80. The zero-order valence-electron chi connectivity index (χ0n) is 10.9. The lowest BCUT2D eigenvalue weighted by molar-refractivity contribution is 0.517. The second-order valence-corrected chi connectivity index (χ2v) is 5.64. The number of benzene rings is 1. The van der Waals surface area contributed by atoms with E-state index in [1.165, 1.54) is 11.1 Å². The molecular weight excluding hydrogens is 302 g/mol. The van der Waals surface area contributed by atoms with Crippen LogP contribution in [0.5, 0.6) is 0 Å². The number of nitrogens with zero attached hydrogens (tertiary/aromatic N) is 1. The highest BCUT2D eigenvalue weighted by atomic mass is 79.9. The van der Waals surface area contributed by atoms with Gasteiger partial charge in [0.05, 0.1) is 0 Å². The maximum absolute atomic E-state index is 5.65. The maximum Gasteiger partial charge on any atom is 0.0420 e. The van der Waals surface area contributed by atoms with Crippen LogP contribution in [-0.4, -0.2) is 11.0 Å². The maximum atomic E-state index is 5.65. The first kappa shape index (κ1) is 14.2. The minimum Gasteiger partial charge on any atom is -0.271 e. The van der Waals surface area contributed by atoms with Gasteiger partial charge in [0.25, 0.3) is 0 Å². The van der Waals surface area contributed by atoms with Gasteiger partial charge in [-0.15, -0.1) is 0 Å². The zero-order chi connectivity index (χ0) is 13.7. The fraction of sp³-hybridized carbons (Fsp3) is 0.267. The minimum atomic E-state index is 0.190. The number of hydrazine groups is 1. The molecule has 0 aliphatic heterocycles. The van der Waals surface area contributed by atoms with Crippen molar-refractivity contribution >= 4 is 15.9 Å². The van der Waals surface area contributed by atoms with Gasteiger partial charge in [-0.05, 0) is 47.0 Å². The van der Waals surface area contributed by atoms with E-state index in [0.29, 0.717) is 0 Å². The average molecular weight is 320 g/mol. The van der Waals surface area contributed by atoms with Gasteiger partial charge >= 0.3 is 0 Å². The van der Waals surface area contributed by atoms with E-state index in [1.807, 2.05) is 18.3 Å². The van der Waals surface area contributed by atoms with Crippen LogP contribution in [0.15, 0.2) is 47.1 Å². The van der Waals surface area contributed by atoms with Crippen LogP contribution in [0.4, 0.5) is 0 Å². The van der Waals surface area contributed by atoms with Crippen LogP contribution in [0.1, 0.15) is 16.8 Å². The van der Waals surface area contributed by atoms with Crippen LogP contribution in [0, 0.1) is 6.92 Å². The number of hydrogen-bond acceptors (Lipinski definition) is 3. The van der Waals surface area contributed by atoms with Gasteiger partial charge in [-0.1, -0.05) is 29.8 Å². The lowest BCUT2D eigenvalue weighted by atomic mass is 10.0. The van der Waals surface area contributed by atoms with E-state index >= 15 is 0 Å². The van der Waals surface area contributed by atoms with E-state index in [1.54, 1.807) is 0 Å². The fourth-order valence-electron chi connectivity index (χ4n) is 2.09. The molecule has 0 saturated carbocycles. The van der Waals surface area contributed by atoms with Crippen molar-refractivity contribution in [2.45, 2.75) is 25.8 Å². The largest absolute Gasteiger partial charge is 0.271 e. The van der Waals surface area contributed by atoms with E-state index in [4.69, 9.17) is 5.84 Å². The summed E-state index contributed by atoms with van der Waals surface area (Å²) in [5.41, 5.74) is 6.49. The molecule has 19 heavy (non-hydrogen) atoms. The number of halogens is 1. The summed E-state index contributed by atoms with van der Waals surface area (Å²) >= 11 is 3.39. The molecule has 3 nitrogen and oxygen atoms in total. The quantitative estimate of drug-likeness (QED) is 0.658. The highest BCUT2D eigenvalue weighted by Gasteiger charge is 2.09. The van der Waals surface area contributed by atoms with Gasteiger partial charge in [0.15, 0.2) is 0 Å². The number of rotatable bonds is 5. The van der Waals surface area contributed by atoms with Gasteiger partial charge in [0, 0.05) is 28.8 Å². The van der Waals surface area contributed by atoms with Crippen LogP contribution >= 0.6 is 15.9 Å². The first-order valence-electron chi connectivity index (χ1n) is 6.29. The molecule has 0 fully saturated rings. The predicted molar refractivity (Wildman–Crippen MR) is 81.6 cm³/mol. The molecule has 3 N–H and O–H groups in total. The van der Waals surface area contributed by atoms with Gasteiger partial charge < -0.3 is 0 Å². The molecule has 0 radical (unpaired) electrons. The molecule has 0 spiro atoms. The number of aryl methyl sites for hydroxylation is 1. The van der Waals surface area contributed by atoms with Crippen molar-refractivity contribution in [2.75, 3.05) is 0 Å². The molecule has 2 rings (SSSR count). The lowest BCUT2D eigenvalue weighted by Crippen LogP contribution is -2.38. The van der Waals surface area contributed by atoms with Crippen LogP contribution < -0.4 is 11.3 Å². The number of pyridine rings is 1. The Morgan fingerprint density at radius 3 is 2.74 bits per heavy atom. The Morgan fingerprint density at radius 1 is 1.26 bits per heavy atom. The molecule has 0 amide bonds. The van der Waals surface area contributed by atoms with Crippen LogP contribution in [0.25, 0.3) is 0 Å². The number of hydrogen-bond donors (Lipinski definition) is 2. The molecule has 0 bridgehead atoms. The van der Waals surface area contributed by atoms with Gasteiger partial charge in [0.1, 0.15) is 0 Å². The van der Waals surface area contributed by atoms with Gasteiger partial charge in [-0.2, -0.15) is 0 Å². The van der Waals surface area contributed by atoms with Crippen LogP contribution in [0.2, 0.25) is 0 Å². The summed E-state index contributed by atoms with van der Waals surface area (Å²) in [7, 11) is 0. The lowest BCUT2D eigenvalue weighted by Gasteiger charge is -2.16. The summed E-state index contributed by atoms with van der Waals surface area (Å²) in [6, 6.07) is 12.7. The molecule has 1 heterocycles. The molecule has 0 saturated heterocycles. The molecule has 2 aromatic rings. The van der Waals surface area contributed by atoms with Gasteiger partial charge in [-0.25, -0.2) is 0 Å². The van der Waals surface area contributed by atoms with E-state index in [0.717, 1.165) is 23.0 Å². The molecule has 4 heteroatoms. The second-order valence-electron chi connectivity index (χ2n) is 4.73. The van der Waals surface area contributed by atoms with Crippen molar-refractivity contribution < 1.29 is 0 Å². The van der Waals surface area contributed by atoms with Gasteiger partial charge in [0.2, 0.25) is 0 Å². The van der Waals surface area contributed by atoms with E-state index in [-0.39, 0.29) is 6.04 Å². The first-order valence-corrected chi connectivity index (χ1v) is 7.09. The molecule has 1 unspecified atom stereocenters. The smallest absolute Gasteiger partial charge is 0.0420 e. The Labute approximate surface area is 122 Å². The Hall–Kier alpha value is -1.23. The standard InChI is InChI=1S/C15H18BrN3/c1-11-3-2-4-12(7-11)8-15(19-17)9-14-6-5-13(16)10-18-14/h2-7,10,15,19H,8-9,17H2,1H3. The van der Waals surface area contributed by atoms with E-state index in [9.17, 15) is 0 Å². The van der Waals surface area contributed by atoms with Crippen LogP contribution in [0.3, 0.4) is 0 Å².